The zero-order chi connectivity index (χ0) is 17.6. The lowest BCUT2D eigenvalue weighted by molar-refractivity contribution is -0.255. The van der Waals surface area contributed by atoms with Crippen LogP contribution in [0.15, 0.2) is 12.2 Å². The minimum absolute atomic E-state index is 0.0215. The molecule has 5 atom stereocenters. The molecule has 1 aliphatic rings. The van der Waals surface area contributed by atoms with Crippen molar-refractivity contribution in [2.45, 2.75) is 91.0 Å². The maximum absolute atomic E-state index is 11.5. The third-order valence-corrected chi connectivity index (χ3v) is 3.74. The van der Waals surface area contributed by atoms with Gasteiger partial charge in [-0.25, -0.2) is 4.79 Å². The molecule has 0 aliphatic carbocycles. The molecular weight excluding hydrogens is 296 g/mol. The van der Waals surface area contributed by atoms with Crippen molar-refractivity contribution in [3.63, 3.8) is 0 Å². The van der Waals surface area contributed by atoms with E-state index in [1.165, 1.54) is 6.08 Å². The van der Waals surface area contributed by atoms with Gasteiger partial charge < -0.3 is 19.3 Å². The lowest BCUT2D eigenvalue weighted by atomic mass is 9.96. The van der Waals surface area contributed by atoms with E-state index in [1.54, 1.807) is 0 Å². The van der Waals surface area contributed by atoms with Gasteiger partial charge in [-0.3, -0.25) is 0 Å². The second-order valence-electron chi connectivity index (χ2n) is 7.45. The summed E-state index contributed by atoms with van der Waals surface area (Å²) in [5, 5.41) is 9.77. The van der Waals surface area contributed by atoms with Gasteiger partial charge in [-0.1, -0.05) is 13.0 Å². The minimum Gasteiger partial charge on any atom is -0.457 e. The predicted octanol–water partition coefficient (Wildman–Crippen LogP) is 3.20. The maximum Gasteiger partial charge on any atom is 0.330 e. The number of allylic oxidation sites excluding steroid dienone is 1. The molecule has 5 nitrogen and oxygen atoms in total. The summed E-state index contributed by atoms with van der Waals surface area (Å²) in [7, 11) is 0. The van der Waals surface area contributed by atoms with Crippen molar-refractivity contribution in [1.29, 1.82) is 0 Å². The van der Waals surface area contributed by atoms with Crippen LogP contribution in [0.4, 0.5) is 0 Å². The number of rotatable bonds is 6. The fraction of sp³-hybridized carbons (Fsp3) is 0.833. The molecule has 2 unspecified atom stereocenters. The molecule has 1 fully saturated rings. The van der Waals surface area contributed by atoms with Gasteiger partial charge in [-0.2, -0.15) is 0 Å². The molecule has 5 heteroatoms. The van der Waals surface area contributed by atoms with E-state index in [1.807, 2.05) is 47.6 Å². The summed E-state index contributed by atoms with van der Waals surface area (Å²) >= 11 is 0. The summed E-state index contributed by atoms with van der Waals surface area (Å²) in [4.78, 5) is 11.5. The van der Waals surface area contributed by atoms with Crippen LogP contribution in [0, 0.1) is 5.92 Å². The average Bonchev–Trinajstić information content (AvgIpc) is 2.39. The molecule has 23 heavy (non-hydrogen) atoms. The first-order chi connectivity index (χ1) is 10.6. The van der Waals surface area contributed by atoms with Crippen molar-refractivity contribution >= 4 is 5.97 Å². The summed E-state index contributed by atoms with van der Waals surface area (Å²) in [5.41, 5.74) is -0.465. The Morgan fingerprint density at radius 1 is 1.39 bits per heavy atom. The Morgan fingerprint density at radius 2 is 2.04 bits per heavy atom. The smallest absolute Gasteiger partial charge is 0.330 e. The van der Waals surface area contributed by atoms with E-state index in [4.69, 9.17) is 14.2 Å². The SMILES string of the molecule is C[C@H](CC/C=C\C(=O)OC(C)(C)C)OC1O[C@@H](C)C(O)C[C@H]1C. The lowest BCUT2D eigenvalue weighted by Crippen LogP contribution is -2.44. The van der Waals surface area contributed by atoms with Gasteiger partial charge in [-0.15, -0.1) is 0 Å². The zero-order valence-electron chi connectivity index (χ0n) is 15.2. The summed E-state index contributed by atoms with van der Waals surface area (Å²) in [5.74, 6) is -0.154. The van der Waals surface area contributed by atoms with Gasteiger partial charge in [0.1, 0.15) is 5.60 Å². The molecule has 0 saturated carbocycles. The fourth-order valence-electron chi connectivity index (χ4n) is 2.43. The number of aliphatic hydroxyl groups is 1. The molecule has 1 N–H and O–H groups in total. The monoisotopic (exact) mass is 328 g/mol. The Kier molecular flexibility index (Phi) is 7.71. The van der Waals surface area contributed by atoms with E-state index in [9.17, 15) is 9.90 Å². The Morgan fingerprint density at radius 3 is 2.65 bits per heavy atom. The highest BCUT2D eigenvalue weighted by Gasteiger charge is 2.33. The topological polar surface area (TPSA) is 65.0 Å². The van der Waals surface area contributed by atoms with Crippen molar-refractivity contribution in [3.05, 3.63) is 12.2 Å². The molecule has 0 radical (unpaired) electrons. The van der Waals surface area contributed by atoms with Gasteiger partial charge in [0, 0.05) is 12.0 Å². The quantitative estimate of drug-likeness (QED) is 0.599. The zero-order valence-corrected chi connectivity index (χ0v) is 15.2. The fourth-order valence-corrected chi connectivity index (χ4v) is 2.43. The molecule has 0 amide bonds. The normalized spacial score (nSPS) is 30.4. The van der Waals surface area contributed by atoms with Gasteiger partial charge in [0.15, 0.2) is 6.29 Å². The van der Waals surface area contributed by atoms with Crippen LogP contribution in [0.3, 0.4) is 0 Å². The molecule has 0 spiro atoms. The molecule has 0 bridgehead atoms. The number of carbonyl (C=O) groups excluding carboxylic acids is 1. The van der Waals surface area contributed by atoms with Crippen molar-refractivity contribution in [3.8, 4) is 0 Å². The predicted molar refractivity (Wildman–Crippen MR) is 88.9 cm³/mol. The van der Waals surface area contributed by atoms with E-state index in [2.05, 4.69) is 0 Å². The van der Waals surface area contributed by atoms with Crippen LogP contribution >= 0.6 is 0 Å². The van der Waals surface area contributed by atoms with E-state index in [0.29, 0.717) is 6.42 Å². The van der Waals surface area contributed by atoms with Crippen LogP contribution in [0.1, 0.15) is 60.8 Å². The van der Waals surface area contributed by atoms with E-state index in [0.717, 1.165) is 12.8 Å². The van der Waals surface area contributed by atoms with Gasteiger partial charge in [0.25, 0.3) is 0 Å². The molecule has 1 heterocycles. The van der Waals surface area contributed by atoms with Gasteiger partial charge in [0.2, 0.25) is 0 Å². The molecule has 1 aliphatic heterocycles. The Balaban J connectivity index is 2.29. The Hall–Kier alpha value is -0.910. The first kappa shape index (κ1) is 20.1. The van der Waals surface area contributed by atoms with Crippen molar-refractivity contribution < 1.29 is 24.1 Å². The van der Waals surface area contributed by atoms with Crippen LogP contribution < -0.4 is 0 Å². The highest BCUT2D eigenvalue weighted by molar-refractivity contribution is 5.82. The van der Waals surface area contributed by atoms with Gasteiger partial charge in [-0.05, 0) is 53.9 Å². The second kappa shape index (κ2) is 8.81. The first-order valence-corrected chi connectivity index (χ1v) is 8.47. The Labute approximate surface area is 140 Å². The highest BCUT2D eigenvalue weighted by Crippen LogP contribution is 2.27. The molecular formula is C18H32O5. The van der Waals surface area contributed by atoms with E-state index < -0.39 is 11.7 Å². The van der Waals surface area contributed by atoms with Crippen LogP contribution in [-0.2, 0) is 19.0 Å². The summed E-state index contributed by atoms with van der Waals surface area (Å²) in [6.07, 6.45) is 4.63. The number of hydrogen-bond acceptors (Lipinski definition) is 5. The van der Waals surface area contributed by atoms with Crippen molar-refractivity contribution in [1.82, 2.24) is 0 Å². The molecule has 134 valence electrons. The lowest BCUT2D eigenvalue weighted by Gasteiger charge is -2.37. The summed E-state index contributed by atoms with van der Waals surface area (Å²) < 4.78 is 16.8. The Bertz CT molecular complexity index is 399. The van der Waals surface area contributed by atoms with Gasteiger partial charge >= 0.3 is 5.97 Å². The number of esters is 1. The average molecular weight is 328 g/mol. The van der Waals surface area contributed by atoms with Crippen molar-refractivity contribution in [2.75, 3.05) is 0 Å². The minimum atomic E-state index is -0.465. The molecule has 1 rings (SSSR count). The second-order valence-corrected chi connectivity index (χ2v) is 7.45. The first-order valence-electron chi connectivity index (χ1n) is 8.47. The number of aliphatic hydroxyl groups excluding tert-OH is 1. The van der Waals surface area contributed by atoms with E-state index in [-0.39, 0.29) is 30.4 Å². The van der Waals surface area contributed by atoms with Crippen LogP contribution in [-0.4, -0.2) is 41.3 Å². The molecule has 0 aromatic carbocycles. The largest absolute Gasteiger partial charge is 0.457 e. The number of hydrogen-bond donors (Lipinski definition) is 1. The molecule has 1 saturated heterocycles. The van der Waals surface area contributed by atoms with Crippen molar-refractivity contribution in [2.24, 2.45) is 5.92 Å². The van der Waals surface area contributed by atoms with Crippen LogP contribution in [0.2, 0.25) is 0 Å². The molecule has 0 aromatic rings. The number of carbonyl (C=O) groups is 1. The maximum atomic E-state index is 11.5. The third kappa shape index (κ3) is 7.95. The van der Waals surface area contributed by atoms with E-state index >= 15 is 0 Å². The number of ether oxygens (including phenoxy) is 3. The third-order valence-electron chi connectivity index (χ3n) is 3.74. The molecule has 0 aromatic heterocycles. The summed E-state index contributed by atoms with van der Waals surface area (Å²) in [6, 6.07) is 0. The highest BCUT2D eigenvalue weighted by atomic mass is 16.7. The van der Waals surface area contributed by atoms with Crippen LogP contribution in [0.25, 0.3) is 0 Å². The van der Waals surface area contributed by atoms with Gasteiger partial charge in [0.05, 0.1) is 18.3 Å². The van der Waals surface area contributed by atoms with Crippen LogP contribution in [0.5, 0.6) is 0 Å². The summed E-state index contributed by atoms with van der Waals surface area (Å²) in [6.45, 7) is 11.4. The standard InChI is InChI=1S/C18H32O5/c1-12-11-15(19)14(3)22-17(12)21-13(2)9-7-8-10-16(20)23-18(4,5)6/h8,10,12-15,17,19H,7,9,11H2,1-6H3/b10-8-/t12-,13-,14+,15?,17?/m1/s1.